The van der Waals surface area contributed by atoms with Crippen molar-refractivity contribution in [3.63, 3.8) is 0 Å². The number of hydrogen-bond donors (Lipinski definition) is 1. The zero-order valence-corrected chi connectivity index (χ0v) is 28.1. The Labute approximate surface area is 264 Å². The third-order valence-electron chi connectivity index (χ3n) is 13.4. The Bertz CT molecular complexity index is 1410. The number of fused-ring (bicyclic) bond motifs is 6. The predicted molar refractivity (Wildman–Crippen MR) is 171 cm³/mol. The molecule has 0 bridgehead atoms. The molecule has 6 aliphatic rings. The van der Waals surface area contributed by atoms with Crippen LogP contribution in [-0.4, -0.2) is 56.0 Å². The van der Waals surface area contributed by atoms with Crippen LogP contribution in [0.1, 0.15) is 91.0 Å². The highest BCUT2D eigenvalue weighted by Crippen LogP contribution is 2.66. The zero-order valence-electron chi connectivity index (χ0n) is 27.3. The molecular formula is C36H52N2O5S. The number of nitrogens with one attached hydrogen (secondary N) is 1. The van der Waals surface area contributed by atoms with Crippen LogP contribution in [0.4, 0.5) is 4.79 Å². The first kappa shape index (κ1) is 30.7. The molecule has 2 heterocycles. The van der Waals surface area contributed by atoms with Gasteiger partial charge in [0.2, 0.25) is 10.0 Å². The number of likely N-dealkylation sites (tertiary alicyclic amines) is 1. The van der Waals surface area contributed by atoms with Crippen LogP contribution < -0.4 is 4.72 Å². The minimum atomic E-state index is -3.18. The summed E-state index contributed by atoms with van der Waals surface area (Å²) in [5.74, 6) is 3.18. The lowest BCUT2D eigenvalue weighted by Crippen LogP contribution is -2.54. The average Bonchev–Trinajstić information content (AvgIpc) is 3.50. The summed E-state index contributed by atoms with van der Waals surface area (Å²) in [6, 6.07) is 10.0. The topological polar surface area (TPSA) is 84.9 Å². The number of ether oxygens (including phenoxy) is 2. The first-order valence-electron chi connectivity index (χ1n) is 17.2. The number of carbonyl (C=O) groups is 1. The highest BCUT2D eigenvalue weighted by atomic mass is 32.2. The van der Waals surface area contributed by atoms with E-state index in [1.807, 2.05) is 35.2 Å². The van der Waals surface area contributed by atoms with Gasteiger partial charge in [-0.25, -0.2) is 17.9 Å². The van der Waals surface area contributed by atoms with Crippen molar-refractivity contribution in [3.05, 3.63) is 47.0 Å². The van der Waals surface area contributed by atoms with Crippen molar-refractivity contribution < 1.29 is 22.7 Å². The summed E-state index contributed by atoms with van der Waals surface area (Å²) in [6.45, 7) is 10.5. The second-order valence-corrected chi connectivity index (χ2v) is 17.5. The fourth-order valence-electron chi connectivity index (χ4n) is 11.4. The molecule has 44 heavy (non-hydrogen) atoms. The van der Waals surface area contributed by atoms with Crippen molar-refractivity contribution >= 4 is 16.1 Å². The summed E-state index contributed by atoms with van der Waals surface area (Å²) < 4.78 is 40.0. The van der Waals surface area contributed by atoms with Gasteiger partial charge >= 0.3 is 6.09 Å². The summed E-state index contributed by atoms with van der Waals surface area (Å²) >= 11 is 0. The highest BCUT2D eigenvalue weighted by molar-refractivity contribution is 7.88. The van der Waals surface area contributed by atoms with Gasteiger partial charge in [0.05, 0.1) is 24.0 Å². The van der Waals surface area contributed by atoms with Gasteiger partial charge in [0, 0.05) is 18.5 Å². The number of piperidine rings is 1. The minimum absolute atomic E-state index is 0.0322. The maximum absolute atomic E-state index is 13.6. The number of sulfonamides is 1. The smallest absolute Gasteiger partial charge is 0.410 e. The van der Waals surface area contributed by atoms with Crippen molar-refractivity contribution in [2.75, 3.05) is 12.8 Å². The lowest BCUT2D eigenvalue weighted by Gasteiger charge is -2.54. The van der Waals surface area contributed by atoms with Gasteiger partial charge in [-0.3, -0.25) is 0 Å². The second-order valence-electron chi connectivity index (χ2n) is 15.8. The Hall–Kier alpha value is -1.90. The van der Waals surface area contributed by atoms with Crippen molar-refractivity contribution in [3.8, 4) is 0 Å². The Kier molecular flexibility index (Phi) is 7.77. The predicted octanol–water partition coefficient (Wildman–Crippen LogP) is 6.69. The molecule has 1 amide bonds. The molecular weight excluding hydrogens is 572 g/mol. The molecule has 242 valence electrons. The molecule has 1 aromatic rings. The largest absolute Gasteiger partial charge is 0.445 e. The zero-order chi connectivity index (χ0) is 31.0. The second kappa shape index (κ2) is 11.1. The molecule has 0 radical (unpaired) electrons. The van der Waals surface area contributed by atoms with Crippen molar-refractivity contribution in [1.29, 1.82) is 0 Å². The first-order chi connectivity index (χ1) is 20.9. The number of benzene rings is 1. The van der Waals surface area contributed by atoms with Crippen LogP contribution >= 0.6 is 0 Å². The molecule has 4 aliphatic carbocycles. The van der Waals surface area contributed by atoms with E-state index in [4.69, 9.17) is 9.47 Å². The lowest BCUT2D eigenvalue weighted by molar-refractivity contribution is -0.0666. The molecule has 8 heteroatoms. The van der Waals surface area contributed by atoms with Gasteiger partial charge in [0.15, 0.2) is 0 Å². The summed E-state index contributed by atoms with van der Waals surface area (Å²) in [6.07, 6.45) is 10.9. The molecule has 5 fully saturated rings. The standard InChI is InChI=1S/C36H52N2O5S/c1-22-17-32-33(38(20-22)34(39)42-21-25-9-7-6-8-10-25)24(3)36(43-32)16-14-28-29-12-11-26-18-27(37-44(5,40)41)13-15-35(26,4)31(29)19-30(28)23(36)2/h6-10,22,24,26-29,31-33,37H,11-21H2,1-5H3/t22-,24+,26+,27+,28-,29?,31-,32+,33-,35-,36-/m0/s1. The summed E-state index contributed by atoms with van der Waals surface area (Å²) in [5.41, 5.74) is 4.08. The number of amides is 1. The Morgan fingerprint density at radius 3 is 2.61 bits per heavy atom. The van der Waals surface area contributed by atoms with Crippen LogP contribution in [0.3, 0.4) is 0 Å². The SMILES string of the molecule is CC1=C2C[C@H]3C(CC[C@@H]4C[C@H](NS(C)(=O)=O)CC[C@@]43C)[C@@H]2CC[C@]12O[C@@H]1C[C@H](C)CN(C(=O)OCc3ccccc3)[C@H]1[C@H]2C. The molecule has 2 saturated heterocycles. The van der Waals surface area contributed by atoms with E-state index < -0.39 is 10.0 Å². The van der Waals surface area contributed by atoms with E-state index in [2.05, 4.69) is 32.4 Å². The Balaban J connectivity index is 1.12. The fraction of sp³-hybridized carbons (Fsp3) is 0.750. The van der Waals surface area contributed by atoms with E-state index in [1.54, 1.807) is 5.57 Å². The number of hydrogen-bond acceptors (Lipinski definition) is 5. The van der Waals surface area contributed by atoms with Gasteiger partial charge in [-0.05, 0) is 111 Å². The normalized spacial score (nSPS) is 43.3. The van der Waals surface area contributed by atoms with Crippen LogP contribution in [0.25, 0.3) is 0 Å². The molecule has 1 N–H and O–H groups in total. The van der Waals surface area contributed by atoms with Crippen molar-refractivity contribution in [2.45, 2.75) is 116 Å². The molecule has 3 saturated carbocycles. The maximum atomic E-state index is 13.6. The quantitative estimate of drug-likeness (QED) is 0.378. The van der Waals surface area contributed by atoms with Crippen LogP contribution in [-0.2, 0) is 26.1 Å². The number of carbonyl (C=O) groups excluding carboxylic acids is 1. The maximum Gasteiger partial charge on any atom is 0.410 e. The summed E-state index contributed by atoms with van der Waals surface area (Å²) in [4.78, 5) is 15.6. The van der Waals surface area contributed by atoms with Gasteiger partial charge in [0.25, 0.3) is 0 Å². The Morgan fingerprint density at radius 1 is 1.09 bits per heavy atom. The van der Waals surface area contributed by atoms with Crippen LogP contribution in [0.15, 0.2) is 41.5 Å². The summed E-state index contributed by atoms with van der Waals surface area (Å²) in [7, 11) is -3.18. The monoisotopic (exact) mass is 624 g/mol. The van der Waals surface area contributed by atoms with Crippen LogP contribution in [0.5, 0.6) is 0 Å². The molecule has 0 aromatic heterocycles. The number of allylic oxidation sites excluding steroid dienone is 1. The van der Waals surface area contributed by atoms with E-state index in [9.17, 15) is 13.2 Å². The molecule has 2 aliphatic heterocycles. The molecule has 11 atom stereocenters. The van der Waals surface area contributed by atoms with Gasteiger partial charge in [-0.2, -0.15) is 0 Å². The van der Waals surface area contributed by atoms with E-state index in [-0.39, 0.29) is 41.2 Å². The van der Waals surface area contributed by atoms with E-state index in [0.29, 0.717) is 30.3 Å². The fourth-order valence-corrected chi connectivity index (χ4v) is 12.2. The average molecular weight is 625 g/mol. The van der Waals surface area contributed by atoms with E-state index >= 15 is 0 Å². The first-order valence-corrected chi connectivity index (χ1v) is 19.1. The van der Waals surface area contributed by atoms with Crippen LogP contribution in [0, 0.1) is 40.9 Å². The molecule has 1 aromatic carbocycles. The van der Waals surface area contributed by atoms with E-state index in [1.165, 1.54) is 31.1 Å². The Morgan fingerprint density at radius 2 is 1.86 bits per heavy atom. The third-order valence-corrected chi connectivity index (χ3v) is 14.2. The molecule has 7 nitrogen and oxygen atoms in total. The van der Waals surface area contributed by atoms with Crippen LogP contribution in [0.2, 0.25) is 0 Å². The van der Waals surface area contributed by atoms with Gasteiger partial charge in [0.1, 0.15) is 6.61 Å². The van der Waals surface area contributed by atoms with E-state index in [0.717, 1.165) is 56.6 Å². The molecule has 7 rings (SSSR count). The minimum Gasteiger partial charge on any atom is -0.445 e. The lowest BCUT2D eigenvalue weighted by atomic mass is 9.52. The number of nitrogens with zero attached hydrogens (tertiary/aromatic N) is 1. The third kappa shape index (κ3) is 5.06. The molecule has 1 spiro atoms. The van der Waals surface area contributed by atoms with Crippen molar-refractivity contribution in [2.24, 2.45) is 40.9 Å². The van der Waals surface area contributed by atoms with Gasteiger partial charge in [-0.1, -0.05) is 56.7 Å². The van der Waals surface area contributed by atoms with Gasteiger partial charge < -0.3 is 14.4 Å². The number of rotatable bonds is 4. The highest BCUT2D eigenvalue weighted by Gasteiger charge is 2.63. The van der Waals surface area contributed by atoms with Gasteiger partial charge in [-0.15, -0.1) is 0 Å². The molecule has 1 unspecified atom stereocenters. The van der Waals surface area contributed by atoms with Crippen molar-refractivity contribution in [1.82, 2.24) is 9.62 Å². The summed E-state index contributed by atoms with van der Waals surface area (Å²) in [5, 5.41) is 0.